The summed E-state index contributed by atoms with van der Waals surface area (Å²) in [5.74, 6) is 0.0774. The van der Waals surface area contributed by atoms with Crippen molar-refractivity contribution in [3.63, 3.8) is 0 Å². The summed E-state index contributed by atoms with van der Waals surface area (Å²) >= 11 is 0. The fourth-order valence-electron chi connectivity index (χ4n) is 4.29. The lowest BCUT2D eigenvalue weighted by Crippen LogP contribution is -2.55. The number of carbonyl (C=O) groups excluding carboxylic acids is 1. The first-order chi connectivity index (χ1) is 13.3. The van der Waals surface area contributed by atoms with E-state index in [9.17, 15) is 9.59 Å². The molecule has 0 saturated heterocycles. The van der Waals surface area contributed by atoms with Gasteiger partial charge in [0.05, 0.1) is 6.54 Å². The molecule has 1 aromatic carbocycles. The van der Waals surface area contributed by atoms with Gasteiger partial charge in [-0.1, -0.05) is 12.1 Å². The molecule has 150 valence electrons. The zero-order chi connectivity index (χ0) is 20.0. The standard InChI is InChI=1S/C22H28N2O4/c1-12-4-5-13(2)20-19(12)14(3)21(28-20)22(27)23-16-8-17(9-16)24(11-18(25)26)10-15-6-7-15/h4-5,15-17H,6-11H2,1-3H3,(H,23,27)(H,25,26). The second-order valence-corrected chi connectivity index (χ2v) is 8.52. The Hall–Kier alpha value is -2.34. The summed E-state index contributed by atoms with van der Waals surface area (Å²) in [6.45, 7) is 6.89. The minimum absolute atomic E-state index is 0.0720. The highest BCUT2D eigenvalue weighted by Gasteiger charge is 2.38. The number of nitrogens with one attached hydrogen (secondary N) is 1. The maximum atomic E-state index is 12.8. The van der Waals surface area contributed by atoms with Crippen LogP contribution in [0, 0.1) is 26.7 Å². The number of benzene rings is 1. The molecular formula is C22H28N2O4. The normalized spacial score (nSPS) is 21.7. The van der Waals surface area contributed by atoms with E-state index in [-0.39, 0.29) is 24.5 Å². The first kappa shape index (κ1) is 19.0. The molecule has 2 aliphatic carbocycles. The molecule has 0 unspecified atom stereocenters. The molecule has 6 nitrogen and oxygen atoms in total. The maximum Gasteiger partial charge on any atom is 0.317 e. The van der Waals surface area contributed by atoms with Crippen molar-refractivity contribution < 1.29 is 19.1 Å². The number of nitrogens with zero attached hydrogens (tertiary/aromatic N) is 1. The molecule has 28 heavy (non-hydrogen) atoms. The van der Waals surface area contributed by atoms with Crippen LogP contribution in [-0.2, 0) is 4.79 Å². The summed E-state index contributed by atoms with van der Waals surface area (Å²) in [5.41, 5.74) is 3.79. The van der Waals surface area contributed by atoms with Gasteiger partial charge in [0, 0.05) is 29.6 Å². The van der Waals surface area contributed by atoms with Gasteiger partial charge in [-0.25, -0.2) is 0 Å². The van der Waals surface area contributed by atoms with Gasteiger partial charge in [-0.2, -0.15) is 0 Å². The van der Waals surface area contributed by atoms with Crippen LogP contribution >= 0.6 is 0 Å². The fourth-order valence-corrected chi connectivity index (χ4v) is 4.29. The summed E-state index contributed by atoms with van der Waals surface area (Å²) in [6, 6.07) is 4.37. The number of hydrogen-bond donors (Lipinski definition) is 2. The van der Waals surface area contributed by atoms with E-state index in [4.69, 9.17) is 9.52 Å². The number of aryl methyl sites for hydroxylation is 3. The molecular weight excluding hydrogens is 356 g/mol. The van der Waals surface area contributed by atoms with Crippen molar-refractivity contribution in [2.24, 2.45) is 5.92 Å². The Labute approximate surface area is 164 Å². The highest BCUT2D eigenvalue weighted by molar-refractivity contribution is 6.00. The Morgan fingerprint density at radius 3 is 2.46 bits per heavy atom. The van der Waals surface area contributed by atoms with Crippen molar-refractivity contribution >= 4 is 22.8 Å². The van der Waals surface area contributed by atoms with Crippen LogP contribution in [0.15, 0.2) is 16.5 Å². The Bertz CT molecular complexity index is 922. The number of fused-ring (bicyclic) bond motifs is 1. The average molecular weight is 384 g/mol. The van der Waals surface area contributed by atoms with Crippen LogP contribution in [-0.4, -0.2) is 47.1 Å². The number of amides is 1. The smallest absolute Gasteiger partial charge is 0.317 e. The number of aliphatic carboxylic acids is 1. The Balaban J connectivity index is 1.41. The van der Waals surface area contributed by atoms with Crippen molar-refractivity contribution in [2.45, 2.75) is 58.5 Å². The van der Waals surface area contributed by atoms with Crippen molar-refractivity contribution in [3.05, 3.63) is 34.6 Å². The van der Waals surface area contributed by atoms with Crippen molar-refractivity contribution in [2.75, 3.05) is 13.1 Å². The molecule has 2 fully saturated rings. The minimum Gasteiger partial charge on any atom is -0.480 e. The molecule has 2 aromatic rings. The third-order valence-electron chi connectivity index (χ3n) is 6.18. The fraction of sp³-hybridized carbons (Fsp3) is 0.545. The second-order valence-electron chi connectivity index (χ2n) is 8.52. The number of hydrogen-bond acceptors (Lipinski definition) is 4. The van der Waals surface area contributed by atoms with Crippen molar-refractivity contribution in [1.29, 1.82) is 0 Å². The van der Waals surface area contributed by atoms with E-state index in [0.29, 0.717) is 11.7 Å². The molecule has 2 aliphatic rings. The first-order valence-corrected chi connectivity index (χ1v) is 10.1. The average Bonchev–Trinajstić information content (AvgIpc) is 3.33. The Morgan fingerprint density at radius 1 is 1.18 bits per heavy atom. The lowest BCUT2D eigenvalue weighted by Gasteiger charge is -2.42. The van der Waals surface area contributed by atoms with E-state index in [1.165, 1.54) is 12.8 Å². The lowest BCUT2D eigenvalue weighted by atomic mass is 9.85. The maximum absolute atomic E-state index is 12.8. The third kappa shape index (κ3) is 3.65. The molecule has 0 bridgehead atoms. The third-order valence-corrected chi connectivity index (χ3v) is 6.18. The quantitative estimate of drug-likeness (QED) is 0.764. The van der Waals surface area contributed by atoms with Gasteiger partial charge < -0.3 is 14.8 Å². The first-order valence-electron chi connectivity index (χ1n) is 10.1. The summed E-state index contributed by atoms with van der Waals surface area (Å²) in [7, 11) is 0. The Kier molecular flexibility index (Phi) is 4.91. The van der Waals surface area contributed by atoms with E-state index in [1.54, 1.807) is 0 Å². The van der Waals surface area contributed by atoms with Crippen LogP contribution in [0.1, 0.15) is 52.9 Å². The molecule has 0 aliphatic heterocycles. The predicted octanol–water partition coefficient (Wildman–Crippen LogP) is 3.42. The largest absolute Gasteiger partial charge is 0.480 e. The Morgan fingerprint density at radius 2 is 1.86 bits per heavy atom. The number of carboxylic acids is 1. The van der Waals surface area contributed by atoms with E-state index in [0.717, 1.165) is 47.0 Å². The monoisotopic (exact) mass is 384 g/mol. The van der Waals surface area contributed by atoms with Gasteiger partial charge in [0.25, 0.3) is 5.91 Å². The molecule has 0 atom stereocenters. The van der Waals surface area contributed by atoms with Crippen LogP contribution in [0.4, 0.5) is 0 Å². The van der Waals surface area contributed by atoms with Gasteiger partial charge in [0.2, 0.25) is 0 Å². The van der Waals surface area contributed by atoms with E-state index < -0.39 is 5.97 Å². The molecule has 1 amide bonds. The van der Waals surface area contributed by atoms with Crippen LogP contribution in [0.5, 0.6) is 0 Å². The minimum atomic E-state index is -0.781. The second kappa shape index (κ2) is 7.24. The summed E-state index contributed by atoms with van der Waals surface area (Å²) in [5, 5.41) is 13.3. The molecule has 1 aromatic heterocycles. The van der Waals surface area contributed by atoms with Gasteiger partial charge in [0.1, 0.15) is 5.58 Å². The lowest BCUT2D eigenvalue weighted by molar-refractivity contribution is -0.139. The number of carbonyl (C=O) groups is 2. The molecule has 0 radical (unpaired) electrons. The topological polar surface area (TPSA) is 82.8 Å². The molecule has 1 heterocycles. The van der Waals surface area contributed by atoms with Gasteiger partial charge in [-0.15, -0.1) is 0 Å². The van der Waals surface area contributed by atoms with Gasteiger partial charge in [-0.3, -0.25) is 14.5 Å². The van der Waals surface area contributed by atoms with Gasteiger partial charge in [-0.05, 0) is 63.5 Å². The van der Waals surface area contributed by atoms with E-state index in [1.807, 2.05) is 26.8 Å². The van der Waals surface area contributed by atoms with Crippen LogP contribution in [0.25, 0.3) is 11.0 Å². The highest BCUT2D eigenvalue weighted by atomic mass is 16.4. The van der Waals surface area contributed by atoms with Gasteiger partial charge >= 0.3 is 5.97 Å². The van der Waals surface area contributed by atoms with Crippen LogP contribution < -0.4 is 5.32 Å². The number of furan rings is 1. The van der Waals surface area contributed by atoms with Gasteiger partial charge in [0.15, 0.2) is 5.76 Å². The SMILES string of the molecule is Cc1ccc(C)c2c(C)c(C(=O)NC3CC(N(CC(=O)O)CC4CC4)C3)oc12. The van der Waals surface area contributed by atoms with E-state index in [2.05, 4.69) is 16.3 Å². The van der Waals surface area contributed by atoms with E-state index >= 15 is 0 Å². The number of rotatable bonds is 7. The molecule has 2 saturated carbocycles. The van der Waals surface area contributed by atoms with Crippen LogP contribution in [0.3, 0.4) is 0 Å². The summed E-state index contributed by atoms with van der Waals surface area (Å²) in [6.07, 6.45) is 3.99. The summed E-state index contributed by atoms with van der Waals surface area (Å²) < 4.78 is 5.93. The van der Waals surface area contributed by atoms with Crippen LogP contribution in [0.2, 0.25) is 0 Å². The zero-order valence-corrected chi connectivity index (χ0v) is 16.7. The van der Waals surface area contributed by atoms with Crippen molar-refractivity contribution in [1.82, 2.24) is 10.2 Å². The predicted molar refractivity (Wildman–Crippen MR) is 107 cm³/mol. The number of carboxylic acid groups (broad SMARTS) is 1. The molecule has 4 rings (SSSR count). The molecule has 0 spiro atoms. The molecule has 6 heteroatoms. The summed E-state index contributed by atoms with van der Waals surface area (Å²) in [4.78, 5) is 26.0. The zero-order valence-electron chi connectivity index (χ0n) is 16.7. The highest BCUT2D eigenvalue weighted by Crippen LogP contribution is 2.34. The van der Waals surface area contributed by atoms with Crippen molar-refractivity contribution in [3.8, 4) is 0 Å². The molecule has 2 N–H and O–H groups in total.